The molecule has 0 N–H and O–H groups in total. The maximum absolute atomic E-state index is 12.4. The number of ether oxygens (including phenoxy) is 1. The van der Waals surface area contributed by atoms with Gasteiger partial charge in [0, 0.05) is 5.56 Å². The van der Waals surface area contributed by atoms with Gasteiger partial charge in [0.1, 0.15) is 3.70 Å². The minimum absolute atomic E-state index is 0.152. The van der Waals surface area contributed by atoms with Crippen LogP contribution in [0.5, 0.6) is 5.88 Å². The van der Waals surface area contributed by atoms with Crippen molar-refractivity contribution >= 4 is 28.9 Å². The molecule has 0 saturated carbocycles. The molecular weight excluding hydrogens is 364 g/mol. The van der Waals surface area contributed by atoms with Crippen molar-refractivity contribution in [2.75, 3.05) is 0 Å². The Balaban J connectivity index is 3.28. The van der Waals surface area contributed by atoms with Gasteiger partial charge >= 0.3 is 6.36 Å². The van der Waals surface area contributed by atoms with E-state index in [4.69, 9.17) is 0 Å². The molecular formula is C8H3F5INO2. The maximum atomic E-state index is 12.4. The minimum Gasteiger partial charge on any atom is -0.387 e. The fourth-order valence-electron chi connectivity index (χ4n) is 0.937. The van der Waals surface area contributed by atoms with Crippen molar-refractivity contribution in [3.8, 4) is 5.88 Å². The summed E-state index contributed by atoms with van der Waals surface area (Å²) in [5.41, 5.74) is -1.31. The highest BCUT2D eigenvalue weighted by molar-refractivity contribution is 14.1. The molecule has 0 atom stereocenters. The smallest absolute Gasteiger partial charge is 0.387 e. The molecule has 1 rings (SSSR count). The third kappa shape index (κ3) is 3.75. The molecule has 0 unspecified atom stereocenters. The summed E-state index contributed by atoms with van der Waals surface area (Å²) in [6.45, 7) is 0. The predicted octanol–water partition coefficient (Wildman–Crippen LogP) is 3.33. The Bertz CT molecular complexity index is 435. The molecule has 0 radical (unpaired) electrons. The molecule has 1 heterocycles. The number of carbonyl (C=O) groups is 1. The quantitative estimate of drug-likeness (QED) is 0.356. The molecule has 0 aromatic carbocycles. The van der Waals surface area contributed by atoms with Crippen LogP contribution in [0.4, 0.5) is 22.0 Å². The van der Waals surface area contributed by atoms with Crippen LogP contribution in [0, 0.1) is 3.70 Å². The van der Waals surface area contributed by atoms with Crippen LogP contribution in [0.3, 0.4) is 0 Å². The largest absolute Gasteiger partial charge is 0.574 e. The molecule has 17 heavy (non-hydrogen) atoms. The van der Waals surface area contributed by atoms with E-state index in [1.54, 1.807) is 0 Å². The number of aldehydes is 1. The van der Waals surface area contributed by atoms with Gasteiger partial charge in [-0.1, -0.05) is 0 Å². The van der Waals surface area contributed by atoms with E-state index in [0.29, 0.717) is 6.07 Å². The second-order valence-electron chi connectivity index (χ2n) is 2.73. The van der Waals surface area contributed by atoms with Crippen LogP contribution in [0.1, 0.15) is 22.3 Å². The van der Waals surface area contributed by atoms with Gasteiger partial charge in [-0.3, -0.25) is 4.79 Å². The fraction of sp³-hybridized carbons (Fsp3) is 0.250. The summed E-state index contributed by atoms with van der Waals surface area (Å²) < 4.78 is 63.9. The number of rotatable bonds is 3. The van der Waals surface area contributed by atoms with Crippen molar-refractivity contribution in [2.45, 2.75) is 12.8 Å². The topological polar surface area (TPSA) is 39.2 Å². The van der Waals surface area contributed by atoms with Gasteiger partial charge in [0.05, 0.1) is 5.56 Å². The van der Waals surface area contributed by atoms with Crippen molar-refractivity contribution in [3.05, 3.63) is 20.9 Å². The van der Waals surface area contributed by atoms with Crippen molar-refractivity contribution < 1.29 is 31.5 Å². The normalized spacial score (nSPS) is 11.7. The van der Waals surface area contributed by atoms with Gasteiger partial charge in [0.2, 0.25) is 5.88 Å². The number of aromatic nitrogens is 1. The Labute approximate surface area is 105 Å². The third-order valence-electron chi connectivity index (χ3n) is 1.57. The lowest BCUT2D eigenvalue weighted by Crippen LogP contribution is -2.19. The van der Waals surface area contributed by atoms with Crippen molar-refractivity contribution in [1.82, 2.24) is 4.98 Å². The van der Waals surface area contributed by atoms with E-state index in [9.17, 15) is 26.7 Å². The van der Waals surface area contributed by atoms with E-state index in [-0.39, 0.29) is 15.6 Å². The Morgan fingerprint density at radius 3 is 2.41 bits per heavy atom. The Morgan fingerprint density at radius 2 is 2.00 bits per heavy atom. The average Bonchev–Trinajstić information content (AvgIpc) is 2.14. The summed E-state index contributed by atoms with van der Waals surface area (Å²) in [6, 6.07) is 0.619. The van der Waals surface area contributed by atoms with Crippen LogP contribution in [0.15, 0.2) is 6.07 Å². The molecule has 0 aliphatic heterocycles. The average molecular weight is 367 g/mol. The first-order chi connectivity index (χ1) is 7.74. The predicted molar refractivity (Wildman–Crippen MR) is 54.0 cm³/mol. The zero-order chi connectivity index (χ0) is 13.2. The number of nitrogens with zero attached hydrogens (tertiary/aromatic N) is 1. The van der Waals surface area contributed by atoms with E-state index < -0.39 is 24.2 Å². The van der Waals surface area contributed by atoms with Gasteiger partial charge in [-0.15, -0.1) is 13.2 Å². The summed E-state index contributed by atoms with van der Waals surface area (Å²) in [5.74, 6) is -1.25. The molecule has 0 aliphatic rings. The van der Waals surface area contributed by atoms with E-state index in [0.717, 1.165) is 0 Å². The van der Waals surface area contributed by atoms with Crippen molar-refractivity contribution in [1.29, 1.82) is 0 Å². The van der Waals surface area contributed by atoms with Gasteiger partial charge in [-0.25, -0.2) is 13.8 Å². The molecule has 0 spiro atoms. The molecule has 3 nitrogen and oxygen atoms in total. The SMILES string of the molecule is O=Cc1cc(C(F)F)c(OC(F)(F)F)nc1I. The molecule has 9 heteroatoms. The summed E-state index contributed by atoms with van der Waals surface area (Å²) in [5, 5.41) is 0. The van der Waals surface area contributed by atoms with Crippen LogP contribution in [-0.2, 0) is 0 Å². The molecule has 0 fully saturated rings. The molecule has 0 saturated heterocycles. The molecule has 0 amide bonds. The van der Waals surface area contributed by atoms with Crippen LogP contribution >= 0.6 is 22.6 Å². The van der Waals surface area contributed by atoms with E-state index in [1.807, 2.05) is 0 Å². The Kier molecular flexibility index (Phi) is 4.22. The highest BCUT2D eigenvalue weighted by Gasteiger charge is 2.34. The fourth-order valence-corrected chi connectivity index (χ4v) is 1.44. The lowest BCUT2D eigenvalue weighted by molar-refractivity contribution is -0.276. The molecule has 0 bridgehead atoms. The molecule has 94 valence electrons. The highest BCUT2D eigenvalue weighted by atomic mass is 127. The number of hydrogen-bond donors (Lipinski definition) is 0. The second kappa shape index (κ2) is 5.10. The number of halogens is 6. The summed E-state index contributed by atoms with van der Waals surface area (Å²) in [4.78, 5) is 13.6. The lowest BCUT2D eigenvalue weighted by Gasteiger charge is -2.12. The second-order valence-corrected chi connectivity index (χ2v) is 3.75. The van der Waals surface area contributed by atoms with Gasteiger partial charge in [-0.2, -0.15) is 0 Å². The van der Waals surface area contributed by atoms with Crippen LogP contribution in [0.25, 0.3) is 0 Å². The van der Waals surface area contributed by atoms with Gasteiger partial charge in [0.25, 0.3) is 6.43 Å². The van der Waals surface area contributed by atoms with Crippen molar-refractivity contribution in [2.24, 2.45) is 0 Å². The van der Waals surface area contributed by atoms with Crippen LogP contribution in [-0.4, -0.2) is 17.6 Å². The van der Waals surface area contributed by atoms with Gasteiger partial charge < -0.3 is 4.74 Å². The summed E-state index contributed by atoms with van der Waals surface area (Å²) in [6.07, 6.45) is -8.13. The number of carbonyl (C=O) groups excluding carboxylic acids is 1. The third-order valence-corrected chi connectivity index (χ3v) is 2.43. The monoisotopic (exact) mass is 367 g/mol. The van der Waals surface area contributed by atoms with E-state index in [1.165, 1.54) is 22.6 Å². The van der Waals surface area contributed by atoms with E-state index >= 15 is 0 Å². The number of alkyl halides is 5. The van der Waals surface area contributed by atoms with Crippen LogP contribution in [0.2, 0.25) is 0 Å². The van der Waals surface area contributed by atoms with Gasteiger partial charge in [-0.05, 0) is 28.7 Å². The molecule has 0 aliphatic carbocycles. The van der Waals surface area contributed by atoms with E-state index in [2.05, 4.69) is 9.72 Å². The zero-order valence-corrected chi connectivity index (χ0v) is 9.92. The van der Waals surface area contributed by atoms with Crippen molar-refractivity contribution in [3.63, 3.8) is 0 Å². The number of hydrogen-bond acceptors (Lipinski definition) is 3. The minimum atomic E-state index is -5.12. The maximum Gasteiger partial charge on any atom is 0.574 e. The zero-order valence-electron chi connectivity index (χ0n) is 7.76. The van der Waals surface area contributed by atoms with Crippen LogP contribution < -0.4 is 4.74 Å². The van der Waals surface area contributed by atoms with Gasteiger partial charge in [0.15, 0.2) is 6.29 Å². The first kappa shape index (κ1) is 14.1. The Morgan fingerprint density at radius 1 is 1.41 bits per heavy atom. The Hall–Kier alpha value is -1.00. The number of pyridine rings is 1. The standard InChI is InChI=1S/C8H3F5INO2/c9-5(10)4-1-3(2-16)6(14)15-7(4)17-8(11,12)13/h1-2,5H. The molecule has 1 aromatic rings. The molecule has 1 aromatic heterocycles. The highest BCUT2D eigenvalue weighted by Crippen LogP contribution is 2.32. The lowest BCUT2D eigenvalue weighted by atomic mass is 10.2. The first-order valence-corrected chi connectivity index (χ1v) is 5.02. The summed E-state index contributed by atoms with van der Waals surface area (Å²) >= 11 is 1.44. The first-order valence-electron chi connectivity index (χ1n) is 3.94. The summed E-state index contributed by atoms with van der Waals surface area (Å²) in [7, 11) is 0.